The van der Waals surface area contributed by atoms with Crippen LogP contribution in [0.4, 0.5) is 11.5 Å². The number of phenols is 2. The standard InChI is InChI=1S/C21H18N4O3/c26-18-9-6-13(10-19(18)27)12-22-15-7-8-17-16(11-15)20(25-24-17)23-21(28)14-4-2-1-3-5-14/h1-11,22,26-27H,12H2,(H2,23,24,25,28). The van der Waals surface area contributed by atoms with Gasteiger partial charge in [0.1, 0.15) is 0 Å². The fourth-order valence-corrected chi connectivity index (χ4v) is 2.87. The molecule has 140 valence electrons. The summed E-state index contributed by atoms with van der Waals surface area (Å²) in [6.07, 6.45) is 0. The third-order valence-corrected chi connectivity index (χ3v) is 4.37. The summed E-state index contributed by atoms with van der Waals surface area (Å²) in [5, 5.41) is 33.0. The number of hydrogen-bond donors (Lipinski definition) is 5. The van der Waals surface area contributed by atoms with Crippen molar-refractivity contribution >= 4 is 28.3 Å². The topological polar surface area (TPSA) is 110 Å². The van der Waals surface area contributed by atoms with Crippen molar-refractivity contribution in [3.05, 3.63) is 77.9 Å². The summed E-state index contributed by atoms with van der Waals surface area (Å²) >= 11 is 0. The first-order valence-electron chi connectivity index (χ1n) is 8.69. The van der Waals surface area contributed by atoms with Gasteiger partial charge in [-0.05, 0) is 48.0 Å². The smallest absolute Gasteiger partial charge is 0.256 e. The number of fused-ring (bicyclic) bond motifs is 1. The van der Waals surface area contributed by atoms with E-state index in [1.165, 1.54) is 12.1 Å². The average Bonchev–Trinajstić information content (AvgIpc) is 3.11. The second-order valence-electron chi connectivity index (χ2n) is 6.33. The summed E-state index contributed by atoms with van der Waals surface area (Å²) in [7, 11) is 0. The lowest BCUT2D eigenvalue weighted by molar-refractivity contribution is 0.102. The van der Waals surface area contributed by atoms with Crippen LogP contribution in [0, 0.1) is 0 Å². The van der Waals surface area contributed by atoms with Crippen molar-refractivity contribution in [1.29, 1.82) is 0 Å². The number of nitrogens with one attached hydrogen (secondary N) is 3. The van der Waals surface area contributed by atoms with E-state index in [0.29, 0.717) is 17.9 Å². The van der Waals surface area contributed by atoms with Crippen molar-refractivity contribution in [1.82, 2.24) is 10.2 Å². The van der Waals surface area contributed by atoms with Crippen LogP contribution in [-0.4, -0.2) is 26.3 Å². The third-order valence-electron chi connectivity index (χ3n) is 4.37. The van der Waals surface area contributed by atoms with Crippen molar-refractivity contribution < 1.29 is 15.0 Å². The number of rotatable bonds is 5. The van der Waals surface area contributed by atoms with E-state index in [9.17, 15) is 15.0 Å². The minimum Gasteiger partial charge on any atom is -0.504 e. The van der Waals surface area contributed by atoms with Crippen LogP contribution < -0.4 is 10.6 Å². The number of anilines is 2. The van der Waals surface area contributed by atoms with E-state index < -0.39 is 0 Å². The number of H-pyrrole nitrogens is 1. The van der Waals surface area contributed by atoms with Crippen LogP contribution in [0.15, 0.2) is 66.7 Å². The molecule has 0 saturated heterocycles. The van der Waals surface area contributed by atoms with Gasteiger partial charge in [0.25, 0.3) is 5.91 Å². The molecule has 0 radical (unpaired) electrons. The second-order valence-corrected chi connectivity index (χ2v) is 6.33. The lowest BCUT2D eigenvalue weighted by Crippen LogP contribution is -2.12. The number of aromatic hydroxyl groups is 2. The molecule has 7 nitrogen and oxygen atoms in total. The van der Waals surface area contributed by atoms with Crippen LogP contribution in [0.25, 0.3) is 10.9 Å². The summed E-state index contributed by atoms with van der Waals surface area (Å²) in [6.45, 7) is 0.461. The Morgan fingerprint density at radius 2 is 1.79 bits per heavy atom. The van der Waals surface area contributed by atoms with Crippen molar-refractivity contribution in [2.24, 2.45) is 0 Å². The number of carbonyl (C=O) groups excluding carboxylic acids is 1. The van der Waals surface area contributed by atoms with E-state index in [4.69, 9.17) is 0 Å². The number of amides is 1. The molecule has 1 amide bonds. The molecule has 28 heavy (non-hydrogen) atoms. The molecular weight excluding hydrogens is 356 g/mol. The van der Waals surface area contributed by atoms with Gasteiger partial charge in [-0.3, -0.25) is 9.89 Å². The van der Waals surface area contributed by atoms with Gasteiger partial charge in [0.05, 0.1) is 5.52 Å². The fraction of sp³-hybridized carbons (Fsp3) is 0.0476. The monoisotopic (exact) mass is 374 g/mol. The Bertz CT molecular complexity index is 1140. The molecule has 5 N–H and O–H groups in total. The van der Waals surface area contributed by atoms with Crippen LogP contribution >= 0.6 is 0 Å². The van der Waals surface area contributed by atoms with E-state index in [-0.39, 0.29) is 17.4 Å². The number of aromatic nitrogens is 2. The van der Waals surface area contributed by atoms with E-state index in [0.717, 1.165) is 22.2 Å². The van der Waals surface area contributed by atoms with Gasteiger partial charge in [0, 0.05) is 23.2 Å². The third kappa shape index (κ3) is 3.59. The predicted octanol–water partition coefficient (Wildman–Crippen LogP) is 3.84. The number of phenolic OH excluding ortho intramolecular Hbond substituents is 2. The van der Waals surface area contributed by atoms with Gasteiger partial charge >= 0.3 is 0 Å². The Hall–Kier alpha value is -4.00. The lowest BCUT2D eigenvalue weighted by Gasteiger charge is -2.08. The van der Waals surface area contributed by atoms with Crippen LogP contribution in [0.2, 0.25) is 0 Å². The highest BCUT2D eigenvalue weighted by Crippen LogP contribution is 2.27. The van der Waals surface area contributed by atoms with E-state index in [2.05, 4.69) is 20.8 Å². The summed E-state index contributed by atoms with van der Waals surface area (Å²) in [4.78, 5) is 12.4. The van der Waals surface area contributed by atoms with E-state index in [1.54, 1.807) is 30.3 Å². The molecule has 0 bridgehead atoms. The summed E-state index contributed by atoms with van der Waals surface area (Å²) in [5.74, 6) is -0.0837. The van der Waals surface area contributed by atoms with Crippen molar-refractivity contribution in [2.45, 2.75) is 6.54 Å². The summed E-state index contributed by atoms with van der Waals surface area (Å²) in [5.41, 5.74) is 3.01. The van der Waals surface area contributed by atoms with Gasteiger partial charge < -0.3 is 20.8 Å². The number of hydrogen-bond acceptors (Lipinski definition) is 5. The minimum atomic E-state index is -0.230. The molecule has 3 aromatic carbocycles. The Labute approximate surface area is 160 Å². The minimum absolute atomic E-state index is 0.151. The normalized spacial score (nSPS) is 10.7. The molecule has 0 spiro atoms. The van der Waals surface area contributed by atoms with Crippen LogP contribution in [0.1, 0.15) is 15.9 Å². The van der Waals surface area contributed by atoms with Crippen LogP contribution in [-0.2, 0) is 6.54 Å². The van der Waals surface area contributed by atoms with Gasteiger partial charge in [0.2, 0.25) is 0 Å². The Morgan fingerprint density at radius 1 is 0.964 bits per heavy atom. The second kappa shape index (κ2) is 7.32. The van der Waals surface area contributed by atoms with Gasteiger partial charge in [-0.1, -0.05) is 24.3 Å². The highest BCUT2D eigenvalue weighted by atomic mass is 16.3. The molecule has 4 rings (SSSR count). The van der Waals surface area contributed by atoms with Crippen LogP contribution in [0.3, 0.4) is 0 Å². The van der Waals surface area contributed by atoms with Gasteiger partial charge in [-0.15, -0.1) is 0 Å². The molecule has 4 aromatic rings. The van der Waals surface area contributed by atoms with E-state index in [1.807, 2.05) is 24.3 Å². The number of aromatic amines is 1. The highest BCUT2D eigenvalue weighted by molar-refractivity contribution is 6.08. The summed E-state index contributed by atoms with van der Waals surface area (Å²) < 4.78 is 0. The molecule has 1 heterocycles. The fourth-order valence-electron chi connectivity index (χ4n) is 2.87. The Kier molecular flexibility index (Phi) is 4.55. The van der Waals surface area contributed by atoms with Gasteiger partial charge in [-0.2, -0.15) is 5.10 Å². The Morgan fingerprint density at radius 3 is 2.57 bits per heavy atom. The summed E-state index contributed by atoms with van der Waals surface area (Å²) in [6, 6.07) is 19.3. The van der Waals surface area contributed by atoms with E-state index >= 15 is 0 Å². The highest BCUT2D eigenvalue weighted by Gasteiger charge is 2.11. The molecule has 0 aliphatic carbocycles. The Balaban J connectivity index is 1.52. The number of nitrogens with zero attached hydrogens (tertiary/aromatic N) is 1. The maximum atomic E-state index is 12.4. The van der Waals surface area contributed by atoms with Crippen molar-refractivity contribution in [3.63, 3.8) is 0 Å². The van der Waals surface area contributed by atoms with Gasteiger partial charge in [-0.25, -0.2) is 0 Å². The quantitative estimate of drug-likeness (QED) is 0.341. The first kappa shape index (κ1) is 17.4. The molecule has 0 aliphatic heterocycles. The van der Waals surface area contributed by atoms with Gasteiger partial charge in [0.15, 0.2) is 17.3 Å². The lowest BCUT2D eigenvalue weighted by atomic mass is 10.1. The maximum absolute atomic E-state index is 12.4. The average molecular weight is 374 g/mol. The molecule has 0 unspecified atom stereocenters. The first-order valence-corrected chi connectivity index (χ1v) is 8.69. The predicted molar refractivity (Wildman–Crippen MR) is 108 cm³/mol. The molecule has 0 atom stereocenters. The molecule has 7 heteroatoms. The van der Waals surface area contributed by atoms with Crippen molar-refractivity contribution in [3.8, 4) is 11.5 Å². The zero-order chi connectivity index (χ0) is 19.5. The molecule has 0 saturated carbocycles. The maximum Gasteiger partial charge on any atom is 0.256 e. The largest absolute Gasteiger partial charge is 0.504 e. The SMILES string of the molecule is O=C(Nc1n[nH]c2ccc(NCc3ccc(O)c(O)c3)cc12)c1ccccc1. The van der Waals surface area contributed by atoms with Crippen LogP contribution in [0.5, 0.6) is 11.5 Å². The first-order chi connectivity index (χ1) is 13.6. The number of carbonyl (C=O) groups is 1. The molecular formula is C21H18N4O3. The molecule has 0 aliphatic rings. The molecule has 1 aromatic heterocycles. The molecule has 0 fully saturated rings. The number of benzene rings is 3. The zero-order valence-electron chi connectivity index (χ0n) is 14.8. The van der Waals surface area contributed by atoms with Crippen molar-refractivity contribution in [2.75, 3.05) is 10.6 Å². The zero-order valence-corrected chi connectivity index (χ0v) is 14.8.